The molecule has 5 nitrogen and oxygen atoms in total. The Balaban J connectivity index is 2.28. The van der Waals surface area contributed by atoms with Crippen molar-refractivity contribution in [3.63, 3.8) is 0 Å². The molecule has 1 aromatic rings. The van der Waals surface area contributed by atoms with Crippen molar-refractivity contribution >= 4 is 27.6 Å². The molecule has 122 valence electrons. The Morgan fingerprint density at radius 2 is 1.91 bits per heavy atom. The van der Waals surface area contributed by atoms with Gasteiger partial charge in [-0.15, -0.1) is 0 Å². The molecule has 0 aliphatic carbocycles. The summed E-state index contributed by atoms with van der Waals surface area (Å²) in [4.78, 5) is 11.1. The Morgan fingerprint density at radius 3 is 2.41 bits per heavy atom. The SMILES string of the molecule is CC(C)c1ccc(Cl)c(S(=O)(=O)N2CCC(C(=O)O)CC2)c1. The summed E-state index contributed by atoms with van der Waals surface area (Å²) in [7, 11) is -3.69. The van der Waals surface area contributed by atoms with Gasteiger partial charge in [-0.2, -0.15) is 4.31 Å². The summed E-state index contributed by atoms with van der Waals surface area (Å²) >= 11 is 6.08. The lowest BCUT2D eigenvalue weighted by Crippen LogP contribution is -2.40. The third-order valence-corrected chi connectivity index (χ3v) is 6.42. The van der Waals surface area contributed by atoms with Crippen LogP contribution in [0.1, 0.15) is 38.2 Å². The lowest BCUT2D eigenvalue weighted by molar-refractivity contribution is -0.142. The van der Waals surface area contributed by atoms with Gasteiger partial charge in [0.2, 0.25) is 10.0 Å². The van der Waals surface area contributed by atoms with Crippen molar-refractivity contribution in [2.45, 2.75) is 37.5 Å². The first-order chi connectivity index (χ1) is 10.2. The molecule has 0 unspecified atom stereocenters. The Bertz CT molecular complexity index is 664. The molecule has 0 aromatic heterocycles. The van der Waals surface area contributed by atoms with Crippen LogP contribution in [0.2, 0.25) is 5.02 Å². The van der Waals surface area contributed by atoms with Gasteiger partial charge in [0, 0.05) is 13.1 Å². The van der Waals surface area contributed by atoms with Crippen molar-refractivity contribution in [2.24, 2.45) is 5.92 Å². The van der Waals surface area contributed by atoms with Gasteiger partial charge in [0.05, 0.1) is 10.9 Å². The number of nitrogens with zero attached hydrogens (tertiary/aromatic N) is 1. The molecule has 1 aliphatic rings. The minimum absolute atomic E-state index is 0.106. The summed E-state index contributed by atoms with van der Waals surface area (Å²) in [5.74, 6) is -1.13. The van der Waals surface area contributed by atoms with E-state index in [1.807, 2.05) is 19.9 Å². The molecular weight excluding hydrogens is 326 g/mol. The standard InChI is InChI=1S/C15H20ClNO4S/c1-10(2)12-3-4-13(16)14(9-12)22(20,21)17-7-5-11(6-8-17)15(18)19/h3-4,9-11H,5-8H2,1-2H3,(H,18,19). The van der Waals surface area contributed by atoms with Gasteiger partial charge in [-0.25, -0.2) is 8.42 Å². The summed E-state index contributed by atoms with van der Waals surface area (Å²) < 4.78 is 26.8. The second kappa shape index (κ2) is 6.56. The van der Waals surface area contributed by atoms with E-state index in [0.717, 1.165) is 5.56 Å². The third-order valence-electron chi connectivity index (χ3n) is 4.04. The van der Waals surface area contributed by atoms with Crippen LogP contribution < -0.4 is 0 Å². The Hall–Kier alpha value is -1.11. The second-order valence-corrected chi connectivity index (χ2v) is 8.17. The maximum absolute atomic E-state index is 12.8. The fourth-order valence-electron chi connectivity index (χ4n) is 2.56. The highest BCUT2D eigenvalue weighted by Gasteiger charge is 2.33. The highest BCUT2D eigenvalue weighted by molar-refractivity contribution is 7.89. The molecule has 0 bridgehead atoms. The van der Waals surface area contributed by atoms with Gasteiger partial charge in [0.15, 0.2) is 0 Å². The minimum Gasteiger partial charge on any atom is -0.481 e. The predicted octanol–water partition coefficient (Wildman–Crippen LogP) is 2.95. The van der Waals surface area contributed by atoms with Crippen molar-refractivity contribution < 1.29 is 18.3 Å². The van der Waals surface area contributed by atoms with Crippen molar-refractivity contribution in [3.05, 3.63) is 28.8 Å². The fourth-order valence-corrected chi connectivity index (χ4v) is 4.54. The molecule has 7 heteroatoms. The van der Waals surface area contributed by atoms with E-state index in [2.05, 4.69) is 0 Å². The number of aliphatic carboxylic acids is 1. The number of carboxylic acids is 1. The van der Waals surface area contributed by atoms with Gasteiger partial charge in [-0.05, 0) is 36.5 Å². The molecule has 0 amide bonds. The summed E-state index contributed by atoms with van der Waals surface area (Å²) in [5.41, 5.74) is 0.906. The monoisotopic (exact) mass is 345 g/mol. The minimum atomic E-state index is -3.69. The van der Waals surface area contributed by atoms with E-state index >= 15 is 0 Å². The lowest BCUT2D eigenvalue weighted by atomic mass is 9.99. The van der Waals surface area contributed by atoms with Crippen LogP contribution in [0, 0.1) is 5.92 Å². The van der Waals surface area contributed by atoms with Crippen LogP contribution in [0.3, 0.4) is 0 Å². The van der Waals surface area contributed by atoms with Gasteiger partial charge in [0.1, 0.15) is 4.90 Å². The number of sulfonamides is 1. The zero-order valence-corrected chi connectivity index (χ0v) is 14.2. The highest BCUT2D eigenvalue weighted by Crippen LogP contribution is 2.30. The molecule has 2 rings (SSSR count). The van der Waals surface area contributed by atoms with E-state index in [4.69, 9.17) is 16.7 Å². The van der Waals surface area contributed by atoms with E-state index in [1.165, 1.54) is 4.31 Å². The molecule has 1 aliphatic heterocycles. The second-order valence-electron chi connectivity index (χ2n) is 5.86. The normalized spacial score (nSPS) is 17.8. The third kappa shape index (κ3) is 3.45. The van der Waals surface area contributed by atoms with Crippen LogP contribution in [0.25, 0.3) is 0 Å². The topological polar surface area (TPSA) is 74.7 Å². The van der Waals surface area contributed by atoms with Gasteiger partial charge in [-0.1, -0.05) is 31.5 Å². The van der Waals surface area contributed by atoms with Crippen LogP contribution in [0.15, 0.2) is 23.1 Å². The van der Waals surface area contributed by atoms with Gasteiger partial charge < -0.3 is 5.11 Å². The van der Waals surface area contributed by atoms with Crippen LogP contribution >= 0.6 is 11.6 Å². The van der Waals surface area contributed by atoms with E-state index in [9.17, 15) is 13.2 Å². The van der Waals surface area contributed by atoms with Crippen molar-refractivity contribution in [1.82, 2.24) is 4.31 Å². The number of carbonyl (C=O) groups is 1. The number of benzene rings is 1. The highest BCUT2D eigenvalue weighted by atomic mass is 35.5. The summed E-state index contributed by atoms with van der Waals surface area (Å²) in [6.07, 6.45) is 0.659. The zero-order valence-electron chi connectivity index (χ0n) is 12.6. The Labute approximate surface area is 135 Å². The quantitative estimate of drug-likeness (QED) is 0.910. The van der Waals surface area contributed by atoms with E-state index in [1.54, 1.807) is 12.1 Å². The molecule has 1 heterocycles. The first-order valence-corrected chi connectivity index (χ1v) is 9.07. The zero-order chi connectivity index (χ0) is 16.5. The van der Waals surface area contributed by atoms with Crippen molar-refractivity contribution in [1.29, 1.82) is 0 Å². The molecule has 1 fully saturated rings. The molecule has 0 atom stereocenters. The number of carboxylic acid groups (broad SMARTS) is 1. The maximum atomic E-state index is 12.8. The molecule has 0 radical (unpaired) electrons. The molecule has 1 aromatic carbocycles. The first kappa shape index (κ1) is 17.2. The molecule has 0 saturated carbocycles. The molecule has 1 N–H and O–H groups in total. The van der Waals surface area contributed by atoms with Crippen LogP contribution in [-0.2, 0) is 14.8 Å². The number of hydrogen-bond acceptors (Lipinski definition) is 3. The summed E-state index contributed by atoms with van der Waals surface area (Å²) in [6.45, 7) is 4.39. The largest absolute Gasteiger partial charge is 0.481 e. The predicted molar refractivity (Wildman–Crippen MR) is 84.7 cm³/mol. The lowest BCUT2D eigenvalue weighted by Gasteiger charge is -2.29. The number of hydrogen-bond donors (Lipinski definition) is 1. The molecular formula is C15H20ClNO4S. The molecule has 0 spiro atoms. The van der Waals surface area contributed by atoms with Gasteiger partial charge >= 0.3 is 5.97 Å². The summed E-state index contributed by atoms with van der Waals surface area (Å²) in [5, 5.41) is 9.20. The van der Waals surface area contributed by atoms with Crippen molar-refractivity contribution in [2.75, 3.05) is 13.1 Å². The Kier molecular flexibility index (Phi) is 5.14. The Morgan fingerprint density at radius 1 is 1.32 bits per heavy atom. The number of rotatable bonds is 4. The van der Waals surface area contributed by atoms with E-state index in [0.29, 0.717) is 12.8 Å². The molecule has 1 saturated heterocycles. The van der Waals surface area contributed by atoms with Gasteiger partial charge in [0.25, 0.3) is 0 Å². The van der Waals surface area contributed by atoms with Gasteiger partial charge in [-0.3, -0.25) is 4.79 Å². The van der Waals surface area contributed by atoms with Crippen LogP contribution in [-0.4, -0.2) is 36.9 Å². The van der Waals surface area contributed by atoms with Crippen molar-refractivity contribution in [3.8, 4) is 0 Å². The maximum Gasteiger partial charge on any atom is 0.306 e. The first-order valence-electron chi connectivity index (χ1n) is 7.26. The van der Waals surface area contributed by atoms with E-state index < -0.39 is 21.9 Å². The molecule has 22 heavy (non-hydrogen) atoms. The average Bonchev–Trinajstić information content (AvgIpc) is 2.47. The fraction of sp³-hybridized carbons (Fsp3) is 0.533. The van der Waals surface area contributed by atoms with E-state index in [-0.39, 0.29) is 28.9 Å². The van der Waals surface area contributed by atoms with Crippen LogP contribution in [0.4, 0.5) is 0 Å². The summed E-state index contributed by atoms with van der Waals surface area (Å²) in [6, 6.07) is 5.04. The number of piperidine rings is 1. The number of halogens is 1. The van der Waals surface area contributed by atoms with Crippen LogP contribution in [0.5, 0.6) is 0 Å². The smallest absolute Gasteiger partial charge is 0.306 e. The average molecular weight is 346 g/mol.